The lowest BCUT2D eigenvalue weighted by Gasteiger charge is -2.03. The van der Waals surface area contributed by atoms with E-state index in [4.69, 9.17) is 0 Å². The number of hydrogen-bond acceptors (Lipinski definition) is 3. The molecule has 3 aromatic rings. The molecule has 2 heterocycles. The molecule has 3 rings (SSSR count). The largest absolute Gasteiger partial charge is 0.319 e. The summed E-state index contributed by atoms with van der Waals surface area (Å²) in [6.07, 6.45) is 6.11. The molecule has 6 nitrogen and oxygen atoms in total. The van der Waals surface area contributed by atoms with Crippen LogP contribution in [0.5, 0.6) is 0 Å². The van der Waals surface area contributed by atoms with Crippen LogP contribution in [0.4, 0.5) is 5.69 Å². The number of carbonyl (C=O) groups is 1. The number of anilines is 1. The number of nitrogens with one attached hydrogen (secondary N) is 3. The third-order valence-corrected chi connectivity index (χ3v) is 3.64. The zero-order valence-corrected chi connectivity index (χ0v) is 12.5. The second kappa shape index (κ2) is 6.43. The van der Waals surface area contributed by atoms with Gasteiger partial charge < -0.3 is 5.32 Å². The van der Waals surface area contributed by atoms with Gasteiger partial charge in [0.2, 0.25) is 0 Å². The molecule has 6 heteroatoms. The van der Waals surface area contributed by atoms with Crippen LogP contribution in [0.15, 0.2) is 30.5 Å². The van der Waals surface area contributed by atoms with Crippen molar-refractivity contribution in [1.82, 2.24) is 20.4 Å². The van der Waals surface area contributed by atoms with E-state index >= 15 is 0 Å². The number of nitrogens with zero attached hydrogens (tertiary/aromatic N) is 2. The Kier molecular flexibility index (Phi) is 4.18. The fraction of sp³-hybridized carbons (Fsp3) is 0.312. The lowest BCUT2D eigenvalue weighted by Crippen LogP contribution is -2.12. The number of hydrogen-bond donors (Lipinski definition) is 3. The van der Waals surface area contributed by atoms with Gasteiger partial charge in [-0.1, -0.05) is 31.9 Å². The van der Waals surface area contributed by atoms with Crippen molar-refractivity contribution in [1.29, 1.82) is 0 Å². The third kappa shape index (κ3) is 3.00. The van der Waals surface area contributed by atoms with Crippen LogP contribution in [0.1, 0.15) is 42.4 Å². The fourth-order valence-electron chi connectivity index (χ4n) is 2.43. The van der Waals surface area contributed by atoms with E-state index in [1.54, 1.807) is 6.20 Å². The molecule has 0 saturated heterocycles. The average Bonchev–Trinajstić information content (AvgIpc) is 3.16. The number of aryl methyl sites for hydroxylation is 1. The van der Waals surface area contributed by atoms with E-state index in [1.807, 2.05) is 24.3 Å². The summed E-state index contributed by atoms with van der Waals surface area (Å²) in [6.45, 7) is 2.17. The molecular weight excluding hydrogens is 278 g/mol. The second-order valence-electron chi connectivity index (χ2n) is 5.33. The Morgan fingerprint density at radius 2 is 2.18 bits per heavy atom. The molecule has 0 fully saturated rings. The Balaban J connectivity index is 1.70. The highest BCUT2D eigenvalue weighted by atomic mass is 16.1. The summed E-state index contributed by atoms with van der Waals surface area (Å²) in [6, 6.07) is 7.48. The van der Waals surface area contributed by atoms with Gasteiger partial charge in [-0.3, -0.25) is 15.0 Å². The highest BCUT2D eigenvalue weighted by molar-refractivity contribution is 6.07. The molecule has 0 bridgehead atoms. The molecule has 0 aliphatic heterocycles. The summed E-state index contributed by atoms with van der Waals surface area (Å²) in [5.41, 5.74) is 2.92. The molecule has 0 aliphatic carbocycles. The fourth-order valence-corrected chi connectivity index (χ4v) is 2.43. The molecule has 0 atom stereocenters. The molecular formula is C16H19N5O. The Labute approximate surface area is 128 Å². The van der Waals surface area contributed by atoms with Crippen molar-refractivity contribution >= 4 is 22.5 Å². The smallest absolute Gasteiger partial charge is 0.276 e. The van der Waals surface area contributed by atoms with Crippen molar-refractivity contribution in [2.45, 2.75) is 32.6 Å². The minimum atomic E-state index is -0.222. The van der Waals surface area contributed by atoms with Gasteiger partial charge in [-0.15, -0.1) is 0 Å². The molecule has 3 N–H and O–H groups in total. The summed E-state index contributed by atoms with van der Waals surface area (Å²) < 4.78 is 0. The third-order valence-electron chi connectivity index (χ3n) is 3.64. The van der Waals surface area contributed by atoms with E-state index in [0.29, 0.717) is 11.4 Å². The van der Waals surface area contributed by atoms with Crippen molar-refractivity contribution in [3.8, 4) is 0 Å². The van der Waals surface area contributed by atoms with Crippen LogP contribution in [0.3, 0.4) is 0 Å². The number of unbranched alkanes of at least 4 members (excludes halogenated alkanes) is 2. The monoisotopic (exact) mass is 297 g/mol. The molecule has 0 radical (unpaired) electrons. The standard InChI is InChI=1S/C16H19N5O/c1-2-3-4-7-12-9-14(20-19-12)16(22)18-13-8-5-6-11-10-17-21-15(11)13/h5-6,8-10H,2-4,7H2,1H3,(H,17,21)(H,18,22)(H,19,20). The van der Waals surface area contributed by atoms with Gasteiger partial charge >= 0.3 is 0 Å². The van der Waals surface area contributed by atoms with Gasteiger partial charge in [-0.05, 0) is 25.0 Å². The van der Waals surface area contributed by atoms with E-state index in [9.17, 15) is 4.79 Å². The van der Waals surface area contributed by atoms with E-state index in [2.05, 4.69) is 32.6 Å². The van der Waals surface area contributed by atoms with Crippen molar-refractivity contribution in [3.63, 3.8) is 0 Å². The van der Waals surface area contributed by atoms with Gasteiger partial charge in [-0.25, -0.2) is 0 Å². The summed E-state index contributed by atoms with van der Waals surface area (Å²) in [7, 11) is 0. The van der Waals surface area contributed by atoms with Gasteiger partial charge in [0.05, 0.1) is 17.4 Å². The number of H-pyrrole nitrogens is 2. The molecule has 114 valence electrons. The highest BCUT2D eigenvalue weighted by Gasteiger charge is 2.12. The first-order valence-corrected chi connectivity index (χ1v) is 7.55. The predicted octanol–water partition coefficient (Wildman–Crippen LogP) is 3.27. The maximum absolute atomic E-state index is 12.3. The van der Waals surface area contributed by atoms with Gasteiger partial charge in [0, 0.05) is 11.1 Å². The first-order chi connectivity index (χ1) is 10.8. The zero-order valence-electron chi connectivity index (χ0n) is 12.5. The first kappa shape index (κ1) is 14.3. The molecule has 0 unspecified atom stereocenters. The van der Waals surface area contributed by atoms with Gasteiger partial charge in [0.25, 0.3) is 5.91 Å². The normalized spacial score (nSPS) is 11.0. The Bertz CT molecular complexity index is 774. The number of benzene rings is 1. The van der Waals surface area contributed by atoms with Crippen LogP contribution < -0.4 is 5.32 Å². The maximum Gasteiger partial charge on any atom is 0.276 e. The molecule has 2 aromatic heterocycles. The van der Waals surface area contributed by atoms with E-state index in [0.717, 1.165) is 29.4 Å². The minimum Gasteiger partial charge on any atom is -0.319 e. The molecule has 0 spiro atoms. The topological polar surface area (TPSA) is 86.5 Å². The first-order valence-electron chi connectivity index (χ1n) is 7.55. The molecule has 0 aliphatic rings. The molecule has 22 heavy (non-hydrogen) atoms. The Morgan fingerprint density at radius 1 is 1.27 bits per heavy atom. The van der Waals surface area contributed by atoms with Crippen molar-refractivity contribution in [2.75, 3.05) is 5.32 Å². The number of amides is 1. The quantitative estimate of drug-likeness (QED) is 0.610. The van der Waals surface area contributed by atoms with Crippen molar-refractivity contribution in [2.24, 2.45) is 0 Å². The summed E-state index contributed by atoms with van der Waals surface area (Å²) in [5.74, 6) is -0.222. The van der Waals surface area contributed by atoms with E-state index < -0.39 is 0 Å². The number of aromatic nitrogens is 4. The predicted molar refractivity (Wildman–Crippen MR) is 85.9 cm³/mol. The second-order valence-corrected chi connectivity index (χ2v) is 5.33. The van der Waals surface area contributed by atoms with Crippen LogP contribution in [0.25, 0.3) is 10.9 Å². The van der Waals surface area contributed by atoms with Crippen LogP contribution in [-0.2, 0) is 6.42 Å². The molecule has 1 aromatic carbocycles. The number of carbonyl (C=O) groups excluding carboxylic acids is 1. The number of para-hydroxylation sites is 1. The number of aromatic amines is 2. The van der Waals surface area contributed by atoms with Crippen molar-refractivity contribution in [3.05, 3.63) is 41.9 Å². The van der Waals surface area contributed by atoms with Crippen LogP contribution in [0.2, 0.25) is 0 Å². The lowest BCUT2D eigenvalue weighted by atomic mass is 10.1. The molecule has 0 saturated carbocycles. The lowest BCUT2D eigenvalue weighted by molar-refractivity contribution is 0.102. The van der Waals surface area contributed by atoms with E-state index in [1.165, 1.54) is 12.8 Å². The van der Waals surface area contributed by atoms with Gasteiger partial charge in [0.1, 0.15) is 0 Å². The van der Waals surface area contributed by atoms with Crippen LogP contribution in [-0.4, -0.2) is 26.3 Å². The Morgan fingerprint density at radius 3 is 3.05 bits per heavy atom. The number of rotatable bonds is 6. The number of fused-ring (bicyclic) bond motifs is 1. The van der Waals surface area contributed by atoms with Crippen LogP contribution in [0, 0.1) is 0 Å². The minimum absolute atomic E-state index is 0.222. The van der Waals surface area contributed by atoms with Gasteiger partial charge in [-0.2, -0.15) is 10.2 Å². The summed E-state index contributed by atoms with van der Waals surface area (Å²) in [4.78, 5) is 12.3. The highest BCUT2D eigenvalue weighted by Crippen LogP contribution is 2.21. The SMILES string of the molecule is CCCCCc1cc(C(=O)Nc2cccc3cn[nH]c23)n[nH]1. The maximum atomic E-state index is 12.3. The average molecular weight is 297 g/mol. The molecule has 1 amide bonds. The van der Waals surface area contributed by atoms with E-state index in [-0.39, 0.29) is 5.91 Å². The summed E-state index contributed by atoms with van der Waals surface area (Å²) in [5, 5.41) is 17.7. The zero-order chi connectivity index (χ0) is 15.4. The summed E-state index contributed by atoms with van der Waals surface area (Å²) >= 11 is 0. The van der Waals surface area contributed by atoms with Crippen molar-refractivity contribution < 1.29 is 4.79 Å². The Hall–Kier alpha value is -2.63. The van der Waals surface area contributed by atoms with Gasteiger partial charge in [0.15, 0.2) is 5.69 Å². The van der Waals surface area contributed by atoms with Crippen LogP contribution >= 0.6 is 0 Å².